The minimum Gasteiger partial charge on any atom is -0.457 e. The highest BCUT2D eigenvalue weighted by Crippen LogP contribution is 2.18. The summed E-state index contributed by atoms with van der Waals surface area (Å²) in [5.41, 5.74) is 1.51. The lowest BCUT2D eigenvalue weighted by molar-refractivity contribution is -0.118. The Hall–Kier alpha value is -4.13. The van der Waals surface area contributed by atoms with Crippen molar-refractivity contribution in [2.45, 2.75) is 45.4 Å². The topological polar surface area (TPSA) is 93.7 Å². The van der Waals surface area contributed by atoms with E-state index in [1.165, 1.54) is 0 Å². The third-order valence-electron chi connectivity index (χ3n) is 4.91. The Bertz CT molecular complexity index is 1140. The van der Waals surface area contributed by atoms with Crippen molar-refractivity contribution < 1.29 is 23.9 Å². The summed E-state index contributed by atoms with van der Waals surface area (Å²) in [5.74, 6) is -1.05. The molecular weight excluding hydrogens is 444 g/mol. The summed E-state index contributed by atoms with van der Waals surface area (Å²) in [7, 11) is 0. The van der Waals surface area contributed by atoms with Crippen molar-refractivity contribution >= 4 is 23.7 Å². The molecule has 0 unspecified atom stereocenters. The summed E-state index contributed by atoms with van der Waals surface area (Å²) in [6, 6.07) is 24.3. The van der Waals surface area contributed by atoms with Crippen molar-refractivity contribution in [3.8, 4) is 0 Å². The van der Waals surface area contributed by atoms with Crippen LogP contribution in [0.4, 0.5) is 10.5 Å². The minimum atomic E-state index is -0.930. The smallest absolute Gasteiger partial charge is 0.408 e. The van der Waals surface area contributed by atoms with Gasteiger partial charge in [0.2, 0.25) is 5.91 Å². The Morgan fingerprint density at radius 1 is 0.800 bits per heavy atom. The van der Waals surface area contributed by atoms with Gasteiger partial charge >= 0.3 is 12.1 Å². The number of para-hydroxylation sites is 1. The van der Waals surface area contributed by atoms with Gasteiger partial charge in [-0.3, -0.25) is 4.79 Å². The molecule has 0 radical (unpaired) electrons. The number of hydrogen-bond donors (Lipinski definition) is 2. The number of carbonyl (C=O) groups excluding carboxylic acids is 3. The highest BCUT2D eigenvalue weighted by Gasteiger charge is 2.26. The molecular formula is C28H30N2O5. The average Bonchev–Trinajstić information content (AvgIpc) is 2.82. The normalized spacial score (nSPS) is 11.7. The molecule has 0 saturated heterocycles. The molecule has 7 heteroatoms. The molecule has 0 saturated carbocycles. The van der Waals surface area contributed by atoms with Crippen LogP contribution in [0.3, 0.4) is 0 Å². The van der Waals surface area contributed by atoms with Crippen molar-refractivity contribution in [3.63, 3.8) is 0 Å². The van der Waals surface area contributed by atoms with E-state index in [1.54, 1.807) is 45.0 Å². The number of amides is 2. The molecule has 0 spiro atoms. The molecule has 0 fully saturated rings. The fourth-order valence-corrected chi connectivity index (χ4v) is 3.30. The number of rotatable bonds is 8. The van der Waals surface area contributed by atoms with E-state index in [-0.39, 0.29) is 18.6 Å². The number of esters is 1. The van der Waals surface area contributed by atoms with Gasteiger partial charge in [-0.25, -0.2) is 9.59 Å². The SMILES string of the molecule is CC(C)(C)OC(=O)N[C@@H](Cc1ccccc1)C(=O)Nc1ccccc1C(=O)OCc1ccccc1. The van der Waals surface area contributed by atoms with Crippen LogP contribution in [0, 0.1) is 0 Å². The summed E-state index contributed by atoms with van der Waals surface area (Å²) < 4.78 is 10.8. The molecule has 3 rings (SSSR count). The molecule has 0 heterocycles. The van der Waals surface area contributed by atoms with Gasteiger partial charge in [0.05, 0.1) is 11.3 Å². The van der Waals surface area contributed by atoms with Crippen LogP contribution in [0.25, 0.3) is 0 Å². The second kappa shape index (κ2) is 11.8. The Balaban J connectivity index is 1.74. The van der Waals surface area contributed by atoms with Crippen molar-refractivity contribution in [3.05, 3.63) is 102 Å². The standard InChI is InChI=1S/C28H30N2O5/c1-28(2,3)35-27(33)30-24(18-20-12-6-4-7-13-20)25(31)29-23-17-11-10-16-22(23)26(32)34-19-21-14-8-5-9-15-21/h4-17,24H,18-19H2,1-3H3,(H,29,31)(H,30,33)/t24-/m0/s1. The molecule has 3 aromatic carbocycles. The number of nitrogens with one attached hydrogen (secondary N) is 2. The maximum atomic E-state index is 13.2. The maximum absolute atomic E-state index is 13.2. The van der Waals surface area contributed by atoms with Gasteiger partial charge in [-0.15, -0.1) is 0 Å². The van der Waals surface area contributed by atoms with Crippen LogP contribution >= 0.6 is 0 Å². The third kappa shape index (κ3) is 8.30. The number of ether oxygens (including phenoxy) is 2. The Morgan fingerprint density at radius 2 is 1.37 bits per heavy atom. The van der Waals surface area contributed by atoms with Crippen molar-refractivity contribution in [2.24, 2.45) is 0 Å². The van der Waals surface area contributed by atoms with E-state index in [0.717, 1.165) is 11.1 Å². The molecule has 0 aliphatic heterocycles. The van der Waals surface area contributed by atoms with E-state index in [2.05, 4.69) is 10.6 Å². The first-order valence-electron chi connectivity index (χ1n) is 11.4. The Labute approximate surface area is 205 Å². The minimum absolute atomic E-state index is 0.110. The molecule has 2 N–H and O–H groups in total. The van der Waals surface area contributed by atoms with Crippen LogP contribution in [-0.2, 0) is 27.3 Å². The summed E-state index contributed by atoms with van der Waals surface area (Å²) >= 11 is 0. The number of alkyl carbamates (subject to hydrolysis) is 1. The van der Waals surface area contributed by atoms with Gasteiger partial charge in [0, 0.05) is 6.42 Å². The fraction of sp³-hybridized carbons (Fsp3) is 0.250. The third-order valence-corrected chi connectivity index (χ3v) is 4.91. The van der Waals surface area contributed by atoms with Gasteiger partial charge < -0.3 is 20.1 Å². The monoisotopic (exact) mass is 474 g/mol. The van der Waals surface area contributed by atoms with Crippen LogP contribution in [0.15, 0.2) is 84.9 Å². The van der Waals surface area contributed by atoms with Crippen LogP contribution in [-0.4, -0.2) is 29.6 Å². The second-order valence-electron chi connectivity index (χ2n) is 8.99. The van der Waals surface area contributed by atoms with Crippen LogP contribution in [0.2, 0.25) is 0 Å². The van der Waals surface area contributed by atoms with E-state index in [9.17, 15) is 14.4 Å². The van der Waals surface area contributed by atoms with Gasteiger partial charge in [-0.05, 0) is 44.0 Å². The molecule has 2 amide bonds. The summed E-state index contributed by atoms with van der Waals surface area (Å²) in [5, 5.41) is 5.42. The zero-order chi connectivity index (χ0) is 25.3. The highest BCUT2D eigenvalue weighted by atomic mass is 16.6. The van der Waals surface area contributed by atoms with E-state index in [4.69, 9.17) is 9.47 Å². The quantitative estimate of drug-likeness (QED) is 0.442. The summed E-state index contributed by atoms with van der Waals surface area (Å²) in [4.78, 5) is 38.4. The lowest BCUT2D eigenvalue weighted by atomic mass is 10.0. The molecule has 7 nitrogen and oxygen atoms in total. The molecule has 182 valence electrons. The van der Waals surface area contributed by atoms with Gasteiger partial charge in [0.25, 0.3) is 0 Å². The first kappa shape index (κ1) is 25.5. The zero-order valence-electron chi connectivity index (χ0n) is 20.1. The van der Waals surface area contributed by atoms with Gasteiger partial charge in [-0.1, -0.05) is 72.8 Å². The van der Waals surface area contributed by atoms with E-state index >= 15 is 0 Å². The molecule has 0 bridgehead atoms. The van der Waals surface area contributed by atoms with Gasteiger partial charge in [0.1, 0.15) is 18.2 Å². The van der Waals surface area contributed by atoms with E-state index in [1.807, 2.05) is 60.7 Å². The molecule has 0 aromatic heterocycles. The van der Waals surface area contributed by atoms with Crippen molar-refractivity contribution in [1.29, 1.82) is 0 Å². The molecule has 1 atom stereocenters. The summed E-state index contributed by atoms with van der Waals surface area (Å²) in [6.07, 6.45) is -0.462. The maximum Gasteiger partial charge on any atom is 0.408 e. The van der Waals surface area contributed by atoms with Crippen LogP contribution in [0.5, 0.6) is 0 Å². The molecule has 0 aliphatic carbocycles. The largest absolute Gasteiger partial charge is 0.457 e. The number of anilines is 1. The fourth-order valence-electron chi connectivity index (χ4n) is 3.30. The van der Waals surface area contributed by atoms with Crippen molar-refractivity contribution in [1.82, 2.24) is 5.32 Å². The Kier molecular flexibility index (Phi) is 8.62. The van der Waals surface area contributed by atoms with Crippen molar-refractivity contribution in [2.75, 3.05) is 5.32 Å². The predicted octanol–water partition coefficient (Wildman–Crippen LogP) is 5.12. The Morgan fingerprint density at radius 3 is 2.00 bits per heavy atom. The molecule has 3 aromatic rings. The molecule has 0 aliphatic rings. The first-order chi connectivity index (χ1) is 16.7. The second-order valence-corrected chi connectivity index (χ2v) is 8.99. The lowest BCUT2D eigenvalue weighted by Crippen LogP contribution is -2.47. The lowest BCUT2D eigenvalue weighted by Gasteiger charge is -2.23. The van der Waals surface area contributed by atoms with E-state index in [0.29, 0.717) is 5.69 Å². The zero-order valence-corrected chi connectivity index (χ0v) is 20.1. The first-order valence-corrected chi connectivity index (χ1v) is 11.4. The predicted molar refractivity (Wildman–Crippen MR) is 134 cm³/mol. The average molecular weight is 475 g/mol. The van der Waals surface area contributed by atoms with E-state index < -0.39 is 29.6 Å². The number of benzene rings is 3. The number of hydrogen-bond acceptors (Lipinski definition) is 5. The number of carbonyl (C=O) groups is 3. The van der Waals surface area contributed by atoms with Gasteiger partial charge in [0.15, 0.2) is 0 Å². The molecule has 35 heavy (non-hydrogen) atoms. The van der Waals surface area contributed by atoms with Crippen LogP contribution in [0.1, 0.15) is 42.3 Å². The van der Waals surface area contributed by atoms with Gasteiger partial charge in [-0.2, -0.15) is 0 Å². The highest BCUT2D eigenvalue weighted by molar-refractivity contribution is 6.03. The van der Waals surface area contributed by atoms with Crippen LogP contribution < -0.4 is 10.6 Å². The summed E-state index contributed by atoms with van der Waals surface area (Å²) in [6.45, 7) is 5.35.